The van der Waals surface area contributed by atoms with Gasteiger partial charge in [0.05, 0.1) is 6.54 Å². The Labute approximate surface area is 169 Å². The molecular formula is C22H16F4N2O2. The lowest BCUT2D eigenvalue weighted by Gasteiger charge is -2.10. The molecule has 0 amide bonds. The van der Waals surface area contributed by atoms with E-state index in [-0.39, 0.29) is 18.2 Å². The zero-order valence-electron chi connectivity index (χ0n) is 15.7. The molecule has 0 bridgehead atoms. The number of hydrogen-bond donors (Lipinski definition) is 1. The van der Waals surface area contributed by atoms with E-state index in [1.807, 2.05) is 19.1 Å². The molecule has 0 radical (unpaired) electrons. The Hall–Kier alpha value is -3.55. The van der Waals surface area contributed by atoms with Gasteiger partial charge < -0.3 is 14.4 Å². The highest BCUT2D eigenvalue weighted by molar-refractivity contribution is 5.94. The molecule has 8 heteroatoms. The molecule has 0 saturated carbocycles. The van der Waals surface area contributed by atoms with Crippen LogP contribution in [0.5, 0.6) is 11.6 Å². The maximum atomic E-state index is 13.1. The molecule has 2 aromatic heterocycles. The number of hydrogen-bond acceptors (Lipinski definition) is 3. The van der Waals surface area contributed by atoms with E-state index in [0.29, 0.717) is 10.9 Å². The van der Waals surface area contributed by atoms with Crippen molar-refractivity contribution in [3.05, 3.63) is 78.0 Å². The van der Waals surface area contributed by atoms with Gasteiger partial charge in [-0.1, -0.05) is 18.2 Å². The fourth-order valence-electron chi connectivity index (χ4n) is 3.42. The molecule has 4 aromatic rings. The zero-order valence-corrected chi connectivity index (χ0v) is 15.7. The number of halogens is 4. The van der Waals surface area contributed by atoms with Crippen molar-refractivity contribution in [2.45, 2.75) is 19.8 Å². The minimum Gasteiger partial charge on any atom is -0.494 e. The van der Waals surface area contributed by atoms with Gasteiger partial charge in [-0.05, 0) is 53.9 Å². The molecule has 1 N–H and O–H groups in total. The maximum absolute atomic E-state index is 13.1. The second kappa shape index (κ2) is 7.37. The maximum Gasteiger partial charge on any atom is 0.573 e. The lowest BCUT2D eigenvalue weighted by molar-refractivity contribution is -0.274. The first-order chi connectivity index (χ1) is 14.2. The molecule has 0 unspecified atom stereocenters. The van der Waals surface area contributed by atoms with Gasteiger partial charge in [-0.15, -0.1) is 13.2 Å². The number of rotatable bonds is 4. The van der Waals surface area contributed by atoms with E-state index in [1.54, 1.807) is 16.8 Å². The number of pyridine rings is 1. The van der Waals surface area contributed by atoms with Gasteiger partial charge in [-0.3, -0.25) is 0 Å². The van der Waals surface area contributed by atoms with Gasteiger partial charge in [0.2, 0.25) is 5.95 Å². The standard InChI is InChI=1S/C22H16F4N2O2/c1-13-8-16(15-4-7-19(23)27-10-15)9-17-12-28(21(29)20(13)17)11-14-2-5-18(6-3-14)30-22(24,25)26/h2-10,12,29H,11H2,1H3. The van der Waals surface area contributed by atoms with Crippen molar-refractivity contribution in [3.8, 4) is 22.8 Å². The van der Waals surface area contributed by atoms with Crippen molar-refractivity contribution in [2.24, 2.45) is 0 Å². The van der Waals surface area contributed by atoms with E-state index < -0.39 is 12.3 Å². The molecule has 0 fully saturated rings. The molecule has 0 aliphatic rings. The van der Waals surface area contributed by atoms with Crippen molar-refractivity contribution < 1.29 is 27.4 Å². The van der Waals surface area contributed by atoms with Crippen LogP contribution in [0.3, 0.4) is 0 Å². The second-order valence-electron chi connectivity index (χ2n) is 6.90. The van der Waals surface area contributed by atoms with Gasteiger partial charge in [0.1, 0.15) is 5.75 Å². The van der Waals surface area contributed by atoms with Crippen LogP contribution >= 0.6 is 0 Å². The first kappa shape index (κ1) is 19.8. The summed E-state index contributed by atoms with van der Waals surface area (Å²) in [6.07, 6.45) is -1.54. The molecule has 154 valence electrons. The number of ether oxygens (including phenoxy) is 1. The summed E-state index contributed by atoms with van der Waals surface area (Å²) in [5.41, 5.74) is 3.10. The van der Waals surface area contributed by atoms with Crippen LogP contribution in [-0.4, -0.2) is 21.0 Å². The van der Waals surface area contributed by atoms with Crippen LogP contribution in [0.4, 0.5) is 17.6 Å². The predicted octanol–water partition coefficient (Wildman–Crippen LogP) is 5.80. The minimum atomic E-state index is -4.74. The topological polar surface area (TPSA) is 47.3 Å². The molecule has 0 atom stereocenters. The predicted molar refractivity (Wildman–Crippen MR) is 104 cm³/mol. The van der Waals surface area contributed by atoms with Gasteiger partial charge >= 0.3 is 6.36 Å². The van der Waals surface area contributed by atoms with Gasteiger partial charge in [-0.2, -0.15) is 4.39 Å². The number of aromatic nitrogens is 2. The summed E-state index contributed by atoms with van der Waals surface area (Å²) in [5, 5.41) is 12.1. The Bertz CT molecular complexity index is 1200. The van der Waals surface area contributed by atoms with Gasteiger partial charge in [0.15, 0.2) is 5.88 Å². The van der Waals surface area contributed by atoms with E-state index in [4.69, 9.17) is 0 Å². The average molecular weight is 416 g/mol. The van der Waals surface area contributed by atoms with Crippen molar-refractivity contribution >= 4 is 10.8 Å². The van der Waals surface area contributed by atoms with E-state index >= 15 is 0 Å². The van der Waals surface area contributed by atoms with E-state index in [2.05, 4.69) is 9.72 Å². The Morgan fingerprint density at radius 2 is 1.77 bits per heavy atom. The SMILES string of the molecule is Cc1cc(-c2ccc(F)nc2)cc2cn(Cc3ccc(OC(F)(F)F)cc3)c(O)c12. The molecule has 2 heterocycles. The highest BCUT2D eigenvalue weighted by Crippen LogP contribution is 2.35. The summed E-state index contributed by atoms with van der Waals surface area (Å²) in [6, 6.07) is 12.1. The van der Waals surface area contributed by atoms with Gasteiger partial charge in [-0.25, -0.2) is 4.98 Å². The lowest BCUT2D eigenvalue weighted by Crippen LogP contribution is -2.17. The number of benzene rings is 2. The molecule has 0 spiro atoms. The summed E-state index contributed by atoms with van der Waals surface area (Å²) < 4.78 is 55.5. The quantitative estimate of drug-likeness (QED) is 0.338. The van der Waals surface area contributed by atoms with Crippen LogP contribution in [0.25, 0.3) is 21.9 Å². The molecule has 4 nitrogen and oxygen atoms in total. The number of alkyl halides is 3. The monoisotopic (exact) mass is 416 g/mol. The van der Waals surface area contributed by atoms with Crippen LogP contribution in [0.15, 0.2) is 60.9 Å². The number of nitrogens with zero attached hydrogens (tertiary/aromatic N) is 2. The van der Waals surface area contributed by atoms with Crippen LogP contribution in [0.1, 0.15) is 11.1 Å². The Balaban J connectivity index is 1.64. The van der Waals surface area contributed by atoms with Gasteiger partial charge in [0, 0.05) is 28.7 Å². The van der Waals surface area contributed by atoms with Crippen LogP contribution < -0.4 is 4.74 Å². The molecule has 30 heavy (non-hydrogen) atoms. The van der Waals surface area contributed by atoms with E-state index in [1.165, 1.54) is 36.5 Å². The number of fused-ring (bicyclic) bond motifs is 1. The molecular weight excluding hydrogens is 400 g/mol. The third-order valence-electron chi connectivity index (χ3n) is 4.73. The molecule has 4 rings (SSSR count). The Morgan fingerprint density at radius 1 is 1.03 bits per heavy atom. The normalized spacial score (nSPS) is 11.8. The summed E-state index contributed by atoms with van der Waals surface area (Å²) in [4.78, 5) is 3.67. The summed E-state index contributed by atoms with van der Waals surface area (Å²) in [7, 11) is 0. The highest BCUT2D eigenvalue weighted by Gasteiger charge is 2.30. The van der Waals surface area contributed by atoms with Gasteiger partial charge in [0.25, 0.3) is 0 Å². The van der Waals surface area contributed by atoms with Crippen LogP contribution in [-0.2, 0) is 6.54 Å². The Kier molecular flexibility index (Phi) is 4.85. The number of aryl methyl sites for hydroxylation is 1. The van der Waals surface area contributed by atoms with Crippen molar-refractivity contribution in [1.29, 1.82) is 0 Å². The first-order valence-corrected chi connectivity index (χ1v) is 8.99. The van der Waals surface area contributed by atoms with Crippen molar-refractivity contribution in [1.82, 2.24) is 9.55 Å². The highest BCUT2D eigenvalue weighted by atomic mass is 19.4. The number of aromatic hydroxyl groups is 1. The van der Waals surface area contributed by atoms with E-state index in [0.717, 1.165) is 22.1 Å². The summed E-state index contributed by atoms with van der Waals surface area (Å²) in [5.74, 6) is -0.810. The van der Waals surface area contributed by atoms with Crippen molar-refractivity contribution in [2.75, 3.05) is 0 Å². The third kappa shape index (κ3) is 4.07. The molecule has 0 aliphatic heterocycles. The lowest BCUT2D eigenvalue weighted by atomic mass is 10.0. The second-order valence-corrected chi connectivity index (χ2v) is 6.90. The molecule has 0 aliphatic carbocycles. The first-order valence-electron chi connectivity index (χ1n) is 8.99. The largest absolute Gasteiger partial charge is 0.573 e. The third-order valence-corrected chi connectivity index (χ3v) is 4.73. The fraction of sp³-hybridized carbons (Fsp3) is 0.136. The smallest absolute Gasteiger partial charge is 0.494 e. The van der Waals surface area contributed by atoms with Crippen LogP contribution in [0, 0.1) is 12.9 Å². The van der Waals surface area contributed by atoms with Crippen molar-refractivity contribution in [3.63, 3.8) is 0 Å². The molecule has 2 aromatic carbocycles. The molecule has 0 saturated heterocycles. The average Bonchev–Trinajstić information content (AvgIpc) is 2.98. The summed E-state index contributed by atoms with van der Waals surface area (Å²) >= 11 is 0. The zero-order chi connectivity index (χ0) is 21.5. The fourth-order valence-corrected chi connectivity index (χ4v) is 3.42. The van der Waals surface area contributed by atoms with E-state index in [9.17, 15) is 22.7 Å². The Morgan fingerprint density at radius 3 is 2.40 bits per heavy atom. The van der Waals surface area contributed by atoms with Crippen LogP contribution in [0.2, 0.25) is 0 Å². The minimum absolute atomic E-state index is 0.0573. The summed E-state index contributed by atoms with van der Waals surface area (Å²) in [6.45, 7) is 2.12.